The third-order valence-electron chi connectivity index (χ3n) is 4.07. The van der Waals surface area contributed by atoms with Gasteiger partial charge in [0.25, 0.3) is 0 Å². The fourth-order valence-corrected chi connectivity index (χ4v) is 2.54. The third kappa shape index (κ3) is 2.49. The predicted octanol–water partition coefficient (Wildman–Crippen LogP) is -0.801. The molecule has 18 heavy (non-hydrogen) atoms. The van der Waals surface area contributed by atoms with Gasteiger partial charge in [-0.1, -0.05) is 13.8 Å². The second-order valence-electron chi connectivity index (χ2n) is 4.96. The van der Waals surface area contributed by atoms with Gasteiger partial charge in [-0.3, -0.25) is 9.59 Å². The first-order valence-corrected chi connectivity index (χ1v) is 6.40. The summed E-state index contributed by atoms with van der Waals surface area (Å²) >= 11 is 0. The van der Waals surface area contributed by atoms with Gasteiger partial charge in [0.1, 0.15) is 6.04 Å². The summed E-state index contributed by atoms with van der Waals surface area (Å²) in [7, 11) is 0. The highest BCUT2D eigenvalue weighted by molar-refractivity contribution is 5.90. The molecule has 1 fully saturated rings. The summed E-state index contributed by atoms with van der Waals surface area (Å²) in [6.45, 7) is 4.20. The van der Waals surface area contributed by atoms with E-state index in [4.69, 9.17) is 11.5 Å². The van der Waals surface area contributed by atoms with Crippen LogP contribution in [0.15, 0.2) is 0 Å². The van der Waals surface area contributed by atoms with E-state index in [2.05, 4.69) is 0 Å². The van der Waals surface area contributed by atoms with Crippen LogP contribution in [0.25, 0.3) is 0 Å². The number of β-amino-alcohol motifs (C(OH)–C–C–N with tert-alkyl or cyclic N) is 1. The predicted molar refractivity (Wildman–Crippen MR) is 67.4 cm³/mol. The standard InChI is InChI=1S/C12H23N3O3/c1-3-12(4-2,7-13)11(18)15-6-8(16)5-9(15)10(14)17/h8-9,16H,3-7,13H2,1-2H3,(H2,14,17). The molecule has 0 aromatic carbocycles. The van der Waals surface area contributed by atoms with Gasteiger partial charge in [-0.15, -0.1) is 0 Å². The number of carbonyl (C=O) groups excluding carboxylic acids is 2. The maximum absolute atomic E-state index is 12.5. The van der Waals surface area contributed by atoms with E-state index in [1.165, 1.54) is 4.90 Å². The van der Waals surface area contributed by atoms with E-state index in [9.17, 15) is 14.7 Å². The highest BCUT2D eigenvalue weighted by atomic mass is 16.3. The monoisotopic (exact) mass is 257 g/mol. The molecule has 0 aliphatic carbocycles. The van der Waals surface area contributed by atoms with Crippen LogP contribution < -0.4 is 11.5 Å². The number of hydrogen-bond acceptors (Lipinski definition) is 4. The first-order chi connectivity index (χ1) is 8.41. The molecule has 2 unspecified atom stereocenters. The quantitative estimate of drug-likeness (QED) is 0.599. The van der Waals surface area contributed by atoms with Crippen LogP contribution in [0.2, 0.25) is 0 Å². The van der Waals surface area contributed by atoms with E-state index in [0.29, 0.717) is 12.8 Å². The van der Waals surface area contributed by atoms with E-state index >= 15 is 0 Å². The average molecular weight is 257 g/mol. The molecule has 1 aliphatic rings. The Labute approximate surface area is 107 Å². The van der Waals surface area contributed by atoms with Crippen LogP contribution in [0.3, 0.4) is 0 Å². The molecule has 1 aliphatic heterocycles. The number of nitrogens with zero attached hydrogens (tertiary/aromatic N) is 1. The van der Waals surface area contributed by atoms with Gasteiger partial charge in [0, 0.05) is 19.5 Å². The Morgan fingerprint density at radius 1 is 1.39 bits per heavy atom. The Hall–Kier alpha value is -1.14. The van der Waals surface area contributed by atoms with Crippen molar-refractivity contribution < 1.29 is 14.7 Å². The molecule has 2 atom stereocenters. The lowest BCUT2D eigenvalue weighted by atomic mass is 9.80. The molecule has 0 bridgehead atoms. The zero-order valence-electron chi connectivity index (χ0n) is 11.1. The van der Waals surface area contributed by atoms with Crippen LogP contribution in [0.5, 0.6) is 0 Å². The third-order valence-corrected chi connectivity index (χ3v) is 4.07. The summed E-state index contributed by atoms with van der Waals surface area (Å²) in [6, 6.07) is -0.712. The van der Waals surface area contributed by atoms with E-state index in [0.717, 1.165) is 0 Å². The minimum Gasteiger partial charge on any atom is -0.391 e. The minimum atomic E-state index is -0.712. The molecular weight excluding hydrogens is 234 g/mol. The smallest absolute Gasteiger partial charge is 0.240 e. The molecule has 6 nitrogen and oxygen atoms in total. The van der Waals surface area contributed by atoms with Crippen LogP contribution in [0.1, 0.15) is 33.1 Å². The molecule has 5 N–H and O–H groups in total. The molecule has 0 spiro atoms. The molecule has 104 valence electrons. The van der Waals surface area contributed by atoms with Gasteiger partial charge in [0.05, 0.1) is 11.5 Å². The first-order valence-electron chi connectivity index (χ1n) is 6.40. The summed E-state index contributed by atoms with van der Waals surface area (Å²) in [4.78, 5) is 25.3. The number of rotatable bonds is 5. The summed E-state index contributed by atoms with van der Waals surface area (Å²) in [5.74, 6) is -0.742. The molecule has 6 heteroatoms. The van der Waals surface area contributed by atoms with Crippen molar-refractivity contribution in [1.82, 2.24) is 4.90 Å². The second kappa shape index (κ2) is 5.67. The van der Waals surface area contributed by atoms with Crippen LogP contribution in [-0.2, 0) is 9.59 Å². The number of primary amides is 1. The maximum atomic E-state index is 12.5. The Balaban J connectivity index is 2.97. The number of nitrogens with two attached hydrogens (primary N) is 2. The Bertz CT molecular complexity index is 320. The van der Waals surface area contributed by atoms with E-state index < -0.39 is 23.5 Å². The largest absolute Gasteiger partial charge is 0.391 e. The number of amides is 2. The highest BCUT2D eigenvalue weighted by Crippen LogP contribution is 2.31. The van der Waals surface area contributed by atoms with E-state index in [-0.39, 0.29) is 25.4 Å². The van der Waals surface area contributed by atoms with Crippen molar-refractivity contribution >= 4 is 11.8 Å². The van der Waals surface area contributed by atoms with Crippen LogP contribution in [0.4, 0.5) is 0 Å². The molecule has 1 heterocycles. The maximum Gasteiger partial charge on any atom is 0.240 e. The molecule has 1 saturated heterocycles. The SMILES string of the molecule is CCC(CC)(CN)C(=O)N1CC(O)CC1C(N)=O. The molecule has 2 amide bonds. The van der Waals surface area contributed by atoms with Crippen LogP contribution in [-0.4, -0.2) is 47.1 Å². The van der Waals surface area contributed by atoms with Gasteiger partial charge in [0.2, 0.25) is 11.8 Å². The molecular formula is C12H23N3O3. The van der Waals surface area contributed by atoms with Crippen molar-refractivity contribution in [3.63, 3.8) is 0 Å². The number of aliphatic hydroxyl groups excluding tert-OH is 1. The van der Waals surface area contributed by atoms with Gasteiger partial charge in [0.15, 0.2) is 0 Å². The van der Waals surface area contributed by atoms with E-state index in [1.54, 1.807) is 0 Å². The van der Waals surface area contributed by atoms with Crippen molar-refractivity contribution in [2.45, 2.75) is 45.3 Å². The van der Waals surface area contributed by atoms with Crippen molar-refractivity contribution in [2.24, 2.45) is 16.9 Å². The lowest BCUT2D eigenvalue weighted by Crippen LogP contribution is -2.52. The fourth-order valence-electron chi connectivity index (χ4n) is 2.54. The summed E-state index contributed by atoms with van der Waals surface area (Å²) in [6.07, 6.45) is 0.749. The topological polar surface area (TPSA) is 110 Å². The van der Waals surface area contributed by atoms with Gasteiger partial charge in [-0.05, 0) is 12.8 Å². The second-order valence-corrected chi connectivity index (χ2v) is 4.96. The van der Waals surface area contributed by atoms with Crippen molar-refractivity contribution in [3.05, 3.63) is 0 Å². The van der Waals surface area contributed by atoms with Crippen LogP contribution >= 0.6 is 0 Å². The number of aliphatic hydroxyl groups is 1. The molecule has 0 radical (unpaired) electrons. The van der Waals surface area contributed by atoms with Crippen molar-refractivity contribution in [3.8, 4) is 0 Å². The normalized spacial score (nSPS) is 24.3. The first kappa shape index (κ1) is 14.9. The average Bonchev–Trinajstić information content (AvgIpc) is 2.74. The molecule has 0 aromatic rings. The van der Waals surface area contributed by atoms with E-state index in [1.807, 2.05) is 13.8 Å². The van der Waals surface area contributed by atoms with Crippen LogP contribution in [0, 0.1) is 5.41 Å². The van der Waals surface area contributed by atoms with Gasteiger partial charge >= 0.3 is 0 Å². The van der Waals surface area contributed by atoms with Crippen molar-refractivity contribution in [2.75, 3.05) is 13.1 Å². The molecule has 0 saturated carbocycles. The van der Waals surface area contributed by atoms with Gasteiger partial charge in [-0.2, -0.15) is 0 Å². The molecule has 1 rings (SSSR count). The summed E-state index contributed by atoms with van der Waals surface area (Å²) in [5, 5.41) is 9.62. The number of carbonyl (C=O) groups is 2. The lowest BCUT2D eigenvalue weighted by molar-refractivity contribution is -0.146. The van der Waals surface area contributed by atoms with Gasteiger partial charge < -0.3 is 21.5 Å². The Morgan fingerprint density at radius 2 is 1.94 bits per heavy atom. The number of hydrogen-bond donors (Lipinski definition) is 3. The lowest BCUT2D eigenvalue weighted by Gasteiger charge is -2.35. The Kier molecular flexibility index (Phi) is 4.70. The fraction of sp³-hybridized carbons (Fsp3) is 0.833. The summed E-state index contributed by atoms with van der Waals surface area (Å²) in [5.41, 5.74) is 10.4. The Morgan fingerprint density at radius 3 is 2.33 bits per heavy atom. The molecule has 0 aromatic heterocycles. The summed E-state index contributed by atoms with van der Waals surface area (Å²) < 4.78 is 0. The van der Waals surface area contributed by atoms with Crippen molar-refractivity contribution in [1.29, 1.82) is 0 Å². The highest BCUT2D eigenvalue weighted by Gasteiger charge is 2.45. The number of likely N-dealkylation sites (tertiary alicyclic amines) is 1. The zero-order valence-corrected chi connectivity index (χ0v) is 11.1. The minimum absolute atomic E-state index is 0.161. The van der Waals surface area contributed by atoms with Gasteiger partial charge in [-0.25, -0.2) is 0 Å². The zero-order chi connectivity index (χ0) is 13.9.